The third-order valence-electron chi connectivity index (χ3n) is 4.13. The maximum absolute atomic E-state index is 13.7. The zero-order valence-electron chi connectivity index (χ0n) is 14.2. The summed E-state index contributed by atoms with van der Waals surface area (Å²) in [7, 11) is 0. The molecule has 0 aliphatic heterocycles. The molecule has 130 valence electrons. The first-order valence-corrected chi connectivity index (χ1v) is 8.92. The highest BCUT2D eigenvalue weighted by Crippen LogP contribution is 2.26. The Hall–Kier alpha value is -2.93. The van der Waals surface area contributed by atoms with Gasteiger partial charge in [0, 0.05) is 46.5 Å². The van der Waals surface area contributed by atoms with Crippen molar-refractivity contribution in [3.63, 3.8) is 0 Å². The van der Waals surface area contributed by atoms with Gasteiger partial charge in [0.1, 0.15) is 16.5 Å². The van der Waals surface area contributed by atoms with Gasteiger partial charge in [0.05, 0.1) is 18.2 Å². The van der Waals surface area contributed by atoms with Gasteiger partial charge in [0.2, 0.25) is 0 Å². The first-order chi connectivity index (χ1) is 12.5. The van der Waals surface area contributed by atoms with Gasteiger partial charge in [0.25, 0.3) is 0 Å². The second-order valence-corrected chi connectivity index (χ2v) is 7.01. The number of carbonyl (C=O) groups excluding carboxylic acids is 1. The lowest BCUT2D eigenvalue weighted by atomic mass is 10.0. The summed E-state index contributed by atoms with van der Waals surface area (Å²) in [5.74, 6) is -0.484. The van der Waals surface area contributed by atoms with Crippen LogP contribution in [0.1, 0.15) is 26.8 Å². The molecule has 4 aromatic rings. The molecule has 0 aliphatic rings. The third kappa shape index (κ3) is 3.01. The van der Waals surface area contributed by atoms with Crippen LogP contribution >= 0.6 is 11.3 Å². The molecule has 4 rings (SSSR count). The maximum Gasteiger partial charge on any atom is 0.173 e. The van der Waals surface area contributed by atoms with Gasteiger partial charge in [-0.3, -0.25) is 9.78 Å². The van der Waals surface area contributed by atoms with Crippen molar-refractivity contribution in [2.45, 2.75) is 20.3 Å². The van der Waals surface area contributed by atoms with Crippen LogP contribution in [-0.4, -0.2) is 25.1 Å². The van der Waals surface area contributed by atoms with Crippen molar-refractivity contribution in [2.24, 2.45) is 0 Å². The molecule has 4 aromatic heterocycles. The number of hydrogen-bond acceptors (Lipinski definition) is 5. The lowest BCUT2D eigenvalue weighted by Crippen LogP contribution is -2.07. The molecule has 0 aliphatic carbocycles. The fourth-order valence-corrected chi connectivity index (χ4v) is 3.67. The van der Waals surface area contributed by atoms with Gasteiger partial charge in [-0.25, -0.2) is 14.4 Å². The highest BCUT2D eigenvalue weighted by molar-refractivity contribution is 7.09. The largest absolute Gasteiger partial charge is 0.306 e. The number of rotatable bonds is 4. The van der Waals surface area contributed by atoms with Gasteiger partial charge in [-0.15, -0.1) is 11.3 Å². The third-order valence-corrected chi connectivity index (χ3v) is 5.10. The average Bonchev–Trinajstić information content (AvgIpc) is 3.24. The molecular formula is C19H15FN4OS. The summed E-state index contributed by atoms with van der Waals surface area (Å²) in [6, 6.07) is 3.19. The van der Waals surface area contributed by atoms with Crippen LogP contribution in [0.3, 0.4) is 0 Å². The highest BCUT2D eigenvalue weighted by Gasteiger charge is 2.17. The Bertz CT molecular complexity index is 1130. The van der Waals surface area contributed by atoms with Crippen molar-refractivity contribution >= 4 is 22.8 Å². The van der Waals surface area contributed by atoms with Crippen molar-refractivity contribution in [3.8, 4) is 11.1 Å². The van der Waals surface area contributed by atoms with Crippen LogP contribution in [0.25, 0.3) is 16.8 Å². The zero-order valence-corrected chi connectivity index (χ0v) is 15.0. The summed E-state index contributed by atoms with van der Waals surface area (Å²) in [5, 5.41) is 2.69. The Morgan fingerprint density at radius 2 is 2.12 bits per heavy atom. The van der Waals surface area contributed by atoms with E-state index in [2.05, 4.69) is 15.0 Å². The van der Waals surface area contributed by atoms with E-state index in [9.17, 15) is 9.18 Å². The first-order valence-electron chi connectivity index (χ1n) is 8.04. The minimum absolute atomic E-state index is 0.0700. The van der Waals surface area contributed by atoms with E-state index >= 15 is 0 Å². The van der Waals surface area contributed by atoms with Gasteiger partial charge in [-0.1, -0.05) is 0 Å². The maximum atomic E-state index is 13.7. The monoisotopic (exact) mass is 366 g/mol. The summed E-state index contributed by atoms with van der Waals surface area (Å²) in [4.78, 5) is 25.6. The van der Waals surface area contributed by atoms with Crippen LogP contribution in [-0.2, 0) is 6.42 Å². The molecule has 0 aromatic carbocycles. The molecule has 0 N–H and O–H groups in total. The molecule has 7 heteroatoms. The second kappa shape index (κ2) is 6.42. The molecular weight excluding hydrogens is 351 g/mol. The number of ketones is 1. The van der Waals surface area contributed by atoms with E-state index in [1.54, 1.807) is 22.9 Å². The van der Waals surface area contributed by atoms with Crippen LogP contribution < -0.4 is 0 Å². The van der Waals surface area contributed by atoms with Crippen LogP contribution in [0.4, 0.5) is 4.39 Å². The van der Waals surface area contributed by atoms with E-state index in [0.29, 0.717) is 22.5 Å². The van der Waals surface area contributed by atoms with Gasteiger partial charge < -0.3 is 4.40 Å². The zero-order chi connectivity index (χ0) is 18.3. The van der Waals surface area contributed by atoms with Gasteiger partial charge >= 0.3 is 0 Å². The van der Waals surface area contributed by atoms with E-state index in [4.69, 9.17) is 0 Å². The van der Waals surface area contributed by atoms with Crippen molar-refractivity contribution in [3.05, 3.63) is 70.1 Å². The Kier molecular flexibility index (Phi) is 4.08. The van der Waals surface area contributed by atoms with E-state index in [0.717, 1.165) is 16.3 Å². The summed E-state index contributed by atoms with van der Waals surface area (Å²) in [6.07, 6.45) is 6.64. The number of hydrogen-bond donors (Lipinski definition) is 0. The second-order valence-electron chi connectivity index (χ2n) is 6.07. The quantitative estimate of drug-likeness (QED) is 0.512. The average molecular weight is 366 g/mol. The number of imidazole rings is 1. The van der Waals surface area contributed by atoms with Crippen molar-refractivity contribution in [1.82, 2.24) is 19.4 Å². The van der Waals surface area contributed by atoms with Crippen LogP contribution in [0.15, 0.2) is 42.3 Å². The summed E-state index contributed by atoms with van der Waals surface area (Å²) in [6.45, 7) is 3.71. The molecule has 0 saturated heterocycles. The van der Waals surface area contributed by atoms with Crippen LogP contribution in [0, 0.1) is 19.7 Å². The molecule has 5 nitrogen and oxygen atoms in total. The summed E-state index contributed by atoms with van der Waals surface area (Å²) >= 11 is 1.47. The highest BCUT2D eigenvalue weighted by atomic mass is 32.1. The Morgan fingerprint density at radius 3 is 2.88 bits per heavy atom. The lowest BCUT2D eigenvalue weighted by molar-refractivity contribution is 0.0994. The molecule has 0 saturated carbocycles. The lowest BCUT2D eigenvalue weighted by Gasteiger charge is -2.09. The van der Waals surface area contributed by atoms with E-state index in [1.165, 1.54) is 23.6 Å². The predicted molar refractivity (Wildman–Crippen MR) is 98.0 cm³/mol. The van der Waals surface area contributed by atoms with Crippen molar-refractivity contribution in [2.75, 3.05) is 0 Å². The van der Waals surface area contributed by atoms with E-state index < -0.39 is 5.82 Å². The molecule has 0 radical (unpaired) electrons. The minimum Gasteiger partial charge on any atom is -0.306 e. The van der Waals surface area contributed by atoms with Gasteiger partial charge in [0.15, 0.2) is 5.78 Å². The SMILES string of the molecule is Cc1csc(CC(=O)c2cc(-c3cc(F)cnc3C)cn3ccnc23)n1. The Morgan fingerprint density at radius 1 is 1.27 bits per heavy atom. The van der Waals surface area contributed by atoms with E-state index in [1.807, 2.05) is 25.4 Å². The Balaban J connectivity index is 1.82. The van der Waals surface area contributed by atoms with Gasteiger partial charge in [-0.05, 0) is 26.0 Å². The molecule has 0 atom stereocenters. The first kappa shape index (κ1) is 16.5. The number of halogens is 1. The molecule has 26 heavy (non-hydrogen) atoms. The topological polar surface area (TPSA) is 60.2 Å². The molecule has 4 heterocycles. The van der Waals surface area contributed by atoms with Gasteiger partial charge in [-0.2, -0.15) is 0 Å². The number of carbonyl (C=O) groups is 1. The Labute approximate surface area is 153 Å². The van der Waals surface area contributed by atoms with E-state index in [-0.39, 0.29) is 12.2 Å². The number of fused-ring (bicyclic) bond motifs is 1. The number of aromatic nitrogens is 4. The van der Waals surface area contributed by atoms with Crippen LogP contribution in [0.5, 0.6) is 0 Å². The molecule has 0 amide bonds. The molecule has 0 spiro atoms. The normalized spacial score (nSPS) is 11.2. The summed E-state index contributed by atoms with van der Waals surface area (Å²) in [5.41, 5.74) is 4.04. The summed E-state index contributed by atoms with van der Waals surface area (Å²) < 4.78 is 15.5. The number of nitrogens with zero attached hydrogens (tertiary/aromatic N) is 4. The molecule has 0 fully saturated rings. The fourth-order valence-electron chi connectivity index (χ4n) is 2.90. The minimum atomic E-state index is -0.414. The van der Waals surface area contributed by atoms with Crippen LogP contribution in [0.2, 0.25) is 0 Å². The smallest absolute Gasteiger partial charge is 0.173 e. The van der Waals surface area contributed by atoms with Crippen molar-refractivity contribution < 1.29 is 9.18 Å². The number of Topliss-reactive ketones (excluding diaryl/α,β-unsaturated/α-hetero) is 1. The molecule has 0 unspecified atom stereocenters. The standard InChI is InChI=1S/C19H15FN4OS/c1-11-10-26-18(23-11)7-17(25)16-5-13(9-24-4-3-21-19(16)24)15-6-14(20)8-22-12(15)2/h3-6,8-10H,7H2,1-2H3. The number of aryl methyl sites for hydroxylation is 2. The van der Waals surface area contributed by atoms with Crippen molar-refractivity contribution in [1.29, 1.82) is 0 Å². The molecule has 0 bridgehead atoms. The number of pyridine rings is 2. The fraction of sp³-hybridized carbons (Fsp3) is 0.158. The number of thiazole rings is 1. The predicted octanol–water partition coefficient (Wildman–Crippen LogP) is 4.03.